The van der Waals surface area contributed by atoms with Crippen LogP contribution in [0.5, 0.6) is 11.5 Å². The number of hydrogen-bond acceptors (Lipinski definition) is 2. The van der Waals surface area contributed by atoms with Gasteiger partial charge in [-0.1, -0.05) is 40.0 Å². The summed E-state index contributed by atoms with van der Waals surface area (Å²) < 4.78 is 0. The molecule has 20 heavy (non-hydrogen) atoms. The van der Waals surface area contributed by atoms with E-state index < -0.39 is 0 Å². The van der Waals surface area contributed by atoms with Crippen molar-refractivity contribution in [3.63, 3.8) is 0 Å². The number of phenolic OH excluding ortho intramolecular Hbond substituents is 2. The normalized spacial score (nSPS) is 10.9. The molecule has 0 bridgehead atoms. The summed E-state index contributed by atoms with van der Waals surface area (Å²) in [4.78, 5) is 0. The maximum Gasteiger partial charge on any atom is 0.125 e. The van der Waals surface area contributed by atoms with Gasteiger partial charge in [0.15, 0.2) is 0 Å². The van der Waals surface area contributed by atoms with E-state index in [0.717, 1.165) is 74.5 Å². The van der Waals surface area contributed by atoms with Crippen molar-refractivity contribution in [3.8, 4) is 11.5 Å². The smallest absolute Gasteiger partial charge is 0.125 e. The monoisotopic (exact) mass is 278 g/mol. The van der Waals surface area contributed by atoms with E-state index in [1.165, 1.54) is 0 Å². The Balaban J connectivity index is 3.10. The number of hydrogen-bond donors (Lipinski definition) is 2. The molecular formula is C18H30O2. The lowest BCUT2D eigenvalue weighted by atomic mass is 9.92. The highest BCUT2D eigenvalue weighted by Crippen LogP contribution is 2.36. The predicted octanol–water partition coefficient (Wildman–Crippen LogP) is 5.13. The van der Waals surface area contributed by atoms with Crippen molar-refractivity contribution in [2.75, 3.05) is 0 Å². The second-order valence-electron chi connectivity index (χ2n) is 5.67. The number of benzene rings is 1. The van der Waals surface area contributed by atoms with Crippen molar-refractivity contribution in [2.24, 2.45) is 0 Å². The van der Waals surface area contributed by atoms with Crippen LogP contribution in [-0.4, -0.2) is 10.2 Å². The number of aryl methyl sites for hydroxylation is 1. The molecule has 0 fully saturated rings. The second-order valence-corrected chi connectivity index (χ2v) is 5.67. The molecule has 0 atom stereocenters. The fourth-order valence-corrected chi connectivity index (χ4v) is 2.62. The summed E-state index contributed by atoms with van der Waals surface area (Å²) in [6.07, 6.45) is 9.15. The number of aromatic hydroxyl groups is 2. The van der Waals surface area contributed by atoms with Crippen LogP contribution < -0.4 is 0 Å². The molecule has 2 N–H and O–H groups in total. The van der Waals surface area contributed by atoms with Crippen molar-refractivity contribution >= 4 is 0 Å². The van der Waals surface area contributed by atoms with Crippen LogP contribution >= 0.6 is 0 Å². The van der Waals surface area contributed by atoms with Gasteiger partial charge in [-0.05, 0) is 55.7 Å². The summed E-state index contributed by atoms with van der Waals surface area (Å²) in [6, 6.07) is 1.89. The molecule has 0 aromatic heterocycles. The Kier molecular flexibility index (Phi) is 7.50. The highest BCUT2D eigenvalue weighted by Gasteiger charge is 2.16. The van der Waals surface area contributed by atoms with Gasteiger partial charge in [-0.25, -0.2) is 0 Å². The molecule has 0 aliphatic heterocycles. The third-order valence-corrected chi connectivity index (χ3v) is 3.94. The Morgan fingerprint density at radius 1 is 0.750 bits per heavy atom. The lowest BCUT2D eigenvalue weighted by Crippen LogP contribution is -2.00. The van der Waals surface area contributed by atoms with Crippen LogP contribution in [0.4, 0.5) is 0 Å². The summed E-state index contributed by atoms with van der Waals surface area (Å²) in [7, 11) is 0. The van der Waals surface area contributed by atoms with Gasteiger partial charge in [0.25, 0.3) is 0 Å². The van der Waals surface area contributed by atoms with Gasteiger partial charge < -0.3 is 10.2 Å². The fraction of sp³-hybridized carbons (Fsp3) is 0.667. The van der Waals surface area contributed by atoms with Crippen LogP contribution in [0.15, 0.2) is 6.07 Å². The van der Waals surface area contributed by atoms with Crippen molar-refractivity contribution in [3.05, 3.63) is 22.8 Å². The van der Waals surface area contributed by atoms with Crippen LogP contribution in [-0.2, 0) is 19.3 Å². The summed E-state index contributed by atoms with van der Waals surface area (Å²) in [5.41, 5.74) is 2.96. The SMILES string of the molecule is CCCCc1cc(O)c(CCCC)c(O)c1CCCC. The zero-order valence-corrected chi connectivity index (χ0v) is 13.3. The minimum atomic E-state index is 0.280. The van der Waals surface area contributed by atoms with Crippen molar-refractivity contribution < 1.29 is 10.2 Å². The first-order valence-electron chi connectivity index (χ1n) is 8.21. The second kappa shape index (κ2) is 8.89. The Morgan fingerprint density at radius 3 is 1.80 bits per heavy atom. The van der Waals surface area contributed by atoms with Crippen LogP contribution in [0, 0.1) is 0 Å². The molecule has 1 rings (SSSR count). The maximum absolute atomic E-state index is 10.5. The van der Waals surface area contributed by atoms with Crippen molar-refractivity contribution in [1.82, 2.24) is 0 Å². The van der Waals surface area contributed by atoms with Gasteiger partial charge in [0.2, 0.25) is 0 Å². The van der Waals surface area contributed by atoms with Gasteiger partial charge >= 0.3 is 0 Å². The Labute approximate surface area is 123 Å². The molecular weight excluding hydrogens is 248 g/mol. The van der Waals surface area contributed by atoms with Crippen molar-refractivity contribution in [2.45, 2.75) is 78.6 Å². The zero-order valence-electron chi connectivity index (χ0n) is 13.3. The van der Waals surface area contributed by atoms with Gasteiger partial charge in [0.1, 0.15) is 11.5 Å². The molecule has 0 heterocycles. The minimum absolute atomic E-state index is 0.280. The van der Waals surface area contributed by atoms with E-state index in [1.54, 1.807) is 0 Å². The van der Waals surface area contributed by atoms with E-state index >= 15 is 0 Å². The molecule has 1 aromatic carbocycles. The van der Waals surface area contributed by atoms with Crippen LogP contribution in [0.3, 0.4) is 0 Å². The number of rotatable bonds is 9. The molecule has 0 amide bonds. The Morgan fingerprint density at radius 2 is 1.25 bits per heavy atom. The maximum atomic E-state index is 10.5. The summed E-state index contributed by atoms with van der Waals surface area (Å²) in [5, 5.41) is 20.7. The predicted molar refractivity (Wildman–Crippen MR) is 85.6 cm³/mol. The molecule has 2 heteroatoms. The minimum Gasteiger partial charge on any atom is -0.508 e. The highest BCUT2D eigenvalue weighted by molar-refractivity contribution is 5.53. The lowest BCUT2D eigenvalue weighted by molar-refractivity contribution is 0.429. The fourth-order valence-electron chi connectivity index (χ4n) is 2.62. The average Bonchev–Trinajstić information content (AvgIpc) is 2.44. The summed E-state index contributed by atoms with van der Waals surface area (Å²) in [6.45, 7) is 6.46. The van der Waals surface area contributed by atoms with E-state index in [4.69, 9.17) is 0 Å². The van der Waals surface area contributed by atoms with E-state index in [-0.39, 0.29) is 5.75 Å². The van der Waals surface area contributed by atoms with Gasteiger partial charge in [0.05, 0.1) is 0 Å². The van der Waals surface area contributed by atoms with Gasteiger partial charge in [0, 0.05) is 5.56 Å². The molecule has 0 aliphatic rings. The van der Waals surface area contributed by atoms with Crippen LogP contribution in [0.25, 0.3) is 0 Å². The third kappa shape index (κ3) is 4.43. The molecule has 114 valence electrons. The quantitative estimate of drug-likeness (QED) is 0.657. The Bertz CT molecular complexity index is 410. The summed E-state index contributed by atoms with van der Waals surface area (Å²) >= 11 is 0. The molecule has 0 unspecified atom stereocenters. The molecule has 0 spiro atoms. The highest BCUT2D eigenvalue weighted by atomic mass is 16.3. The van der Waals surface area contributed by atoms with E-state index in [9.17, 15) is 10.2 Å². The summed E-state index contributed by atoms with van der Waals surface area (Å²) in [5.74, 6) is 0.639. The Hall–Kier alpha value is -1.18. The number of phenols is 2. The van der Waals surface area contributed by atoms with Gasteiger partial charge in [-0.15, -0.1) is 0 Å². The number of unbranched alkanes of at least 4 members (excludes halogenated alkanes) is 3. The van der Waals surface area contributed by atoms with Gasteiger partial charge in [-0.3, -0.25) is 0 Å². The first-order valence-corrected chi connectivity index (χ1v) is 8.21. The lowest BCUT2D eigenvalue weighted by Gasteiger charge is -2.16. The van der Waals surface area contributed by atoms with E-state index in [2.05, 4.69) is 20.8 Å². The molecule has 0 radical (unpaired) electrons. The van der Waals surface area contributed by atoms with Crippen LogP contribution in [0.2, 0.25) is 0 Å². The van der Waals surface area contributed by atoms with Crippen molar-refractivity contribution in [1.29, 1.82) is 0 Å². The average molecular weight is 278 g/mol. The first kappa shape index (κ1) is 16.9. The standard InChI is InChI=1S/C18H30O2/c1-4-7-10-14-13-17(19)16(12-9-6-3)18(20)15(14)11-8-5-2/h13,19-20H,4-12H2,1-3H3. The molecule has 0 saturated heterocycles. The first-order chi connectivity index (χ1) is 9.65. The molecule has 0 aliphatic carbocycles. The van der Waals surface area contributed by atoms with Gasteiger partial charge in [-0.2, -0.15) is 0 Å². The molecule has 1 aromatic rings. The topological polar surface area (TPSA) is 40.5 Å². The van der Waals surface area contributed by atoms with E-state index in [1.807, 2.05) is 6.07 Å². The molecule has 0 saturated carbocycles. The largest absolute Gasteiger partial charge is 0.508 e. The van der Waals surface area contributed by atoms with Crippen LogP contribution in [0.1, 0.15) is 76.0 Å². The third-order valence-electron chi connectivity index (χ3n) is 3.94. The zero-order chi connectivity index (χ0) is 15.0. The molecule has 2 nitrogen and oxygen atoms in total. The van der Waals surface area contributed by atoms with E-state index in [0.29, 0.717) is 5.75 Å².